The zero-order chi connectivity index (χ0) is 16.7. The minimum absolute atomic E-state index is 1.20. The fourth-order valence-electron chi connectivity index (χ4n) is 2.49. The van der Waals surface area contributed by atoms with Crippen LogP contribution in [0.5, 0.6) is 0 Å². The van der Waals surface area contributed by atoms with E-state index in [0.29, 0.717) is 0 Å². The van der Waals surface area contributed by atoms with Gasteiger partial charge in [0.1, 0.15) is 0 Å². The van der Waals surface area contributed by atoms with Crippen LogP contribution in [0.25, 0.3) is 0 Å². The second-order valence-corrected chi connectivity index (χ2v) is 6.40. The van der Waals surface area contributed by atoms with Gasteiger partial charge in [0.2, 0.25) is 0 Å². The quantitative estimate of drug-likeness (QED) is 0.198. The summed E-state index contributed by atoms with van der Waals surface area (Å²) in [6, 6.07) is 0. The van der Waals surface area contributed by atoms with Crippen LogP contribution < -0.4 is 0 Å². The van der Waals surface area contributed by atoms with Gasteiger partial charge in [-0.1, -0.05) is 103 Å². The second kappa shape index (κ2) is 25.4. The molecule has 0 aliphatic heterocycles. The molecule has 0 saturated carbocycles. The molecule has 0 bridgehead atoms. The van der Waals surface area contributed by atoms with E-state index in [4.69, 9.17) is 0 Å². The second-order valence-electron chi connectivity index (χ2n) is 6.40. The Bertz CT molecular complexity index is 170. The maximum absolute atomic E-state index is 3.71. The number of hydrogen-bond acceptors (Lipinski definition) is 0. The van der Waals surface area contributed by atoms with Gasteiger partial charge in [0.25, 0.3) is 0 Å². The Kier molecular flexibility index (Phi) is 27.4. The molecule has 132 valence electrons. The van der Waals surface area contributed by atoms with Gasteiger partial charge in [-0.3, -0.25) is 0 Å². The number of allylic oxidation sites excluding steroid dienone is 2. The minimum Gasteiger partial charge on any atom is -0.103 e. The standard InChI is InChI=1S/2C11H22/c2*1-3-5-7-9-11-10-8-6-4-2/h2*3H,1,4-11H2,2H3. The average Bonchev–Trinajstić information content (AvgIpc) is 2.54. The maximum Gasteiger partial charge on any atom is -0.0353 e. The van der Waals surface area contributed by atoms with Crippen LogP contribution in [0.2, 0.25) is 0 Å². The van der Waals surface area contributed by atoms with Gasteiger partial charge in [-0.25, -0.2) is 0 Å². The summed E-state index contributed by atoms with van der Waals surface area (Å²) in [6.07, 6.45) is 26.1. The van der Waals surface area contributed by atoms with Crippen LogP contribution in [0.1, 0.15) is 117 Å². The van der Waals surface area contributed by atoms with Gasteiger partial charge < -0.3 is 0 Å². The Labute approximate surface area is 142 Å². The van der Waals surface area contributed by atoms with E-state index in [0.717, 1.165) is 0 Å². The van der Waals surface area contributed by atoms with E-state index in [2.05, 4.69) is 27.0 Å². The van der Waals surface area contributed by atoms with Gasteiger partial charge in [-0.15, -0.1) is 13.2 Å². The molecule has 0 unspecified atom stereocenters. The summed E-state index contributed by atoms with van der Waals surface area (Å²) in [7, 11) is 0. The van der Waals surface area contributed by atoms with Crippen molar-refractivity contribution in [2.45, 2.75) is 117 Å². The molecule has 22 heavy (non-hydrogen) atoms. The van der Waals surface area contributed by atoms with Crippen LogP contribution in [0, 0.1) is 0 Å². The zero-order valence-electron chi connectivity index (χ0n) is 15.9. The van der Waals surface area contributed by atoms with Gasteiger partial charge in [-0.05, 0) is 25.7 Å². The normalized spacial score (nSPS) is 9.91. The van der Waals surface area contributed by atoms with Crippen molar-refractivity contribution in [1.82, 2.24) is 0 Å². The maximum atomic E-state index is 3.71. The summed E-state index contributed by atoms with van der Waals surface area (Å²) in [5.74, 6) is 0. The van der Waals surface area contributed by atoms with Gasteiger partial charge in [0.15, 0.2) is 0 Å². The molecule has 0 radical (unpaired) electrons. The monoisotopic (exact) mass is 308 g/mol. The highest BCUT2D eigenvalue weighted by molar-refractivity contribution is 4.65. The van der Waals surface area contributed by atoms with E-state index < -0.39 is 0 Å². The molecule has 0 spiro atoms. The van der Waals surface area contributed by atoms with Crippen molar-refractivity contribution >= 4 is 0 Å². The highest BCUT2D eigenvalue weighted by Crippen LogP contribution is 2.08. The molecule has 0 saturated heterocycles. The van der Waals surface area contributed by atoms with E-state index in [-0.39, 0.29) is 0 Å². The topological polar surface area (TPSA) is 0 Å². The van der Waals surface area contributed by atoms with Crippen molar-refractivity contribution in [3.05, 3.63) is 25.3 Å². The van der Waals surface area contributed by atoms with Gasteiger partial charge in [-0.2, -0.15) is 0 Å². The first-order valence-electron chi connectivity index (χ1n) is 10.0. The first-order valence-corrected chi connectivity index (χ1v) is 10.0. The molecule has 0 N–H and O–H groups in total. The fourth-order valence-corrected chi connectivity index (χ4v) is 2.49. The Morgan fingerprint density at radius 3 is 1.00 bits per heavy atom. The van der Waals surface area contributed by atoms with Crippen LogP contribution >= 0.6 is 0 Å². The summed E-state index contributed by atoms with van der Waals surface area (Å²) in [6.45, 7) is 11.9. The molecule has 0 aromatic rings. The fraction of sp³-hybridized carbons (Fsp3) is 0.818. The molecule has 0 amide bonds. The van der Waals surface area contributed by atoms with Gasteiger partial charge in [0.05, 0.1) is 0 Å². The molecule has 0 aliphatic carbocycles. The Morgan fingerprint density at radius 1 is 0.455 bits per heavy atom. The molecular formula is C22H44. The molecule has 0 heterocycles. The highest BCUT2D eigenvalue weighted by Gasteiger charge is 1.89. The molecule has 0 fully saturated rings. The molecular weight excluding hydrogens is 264 g/mol. The molecule has 0 aliphatic rings. The van der Waals surface area contributed by atoms with Crippen LogP contribution in [0.3, 0.4) is 0 Å². The lowest BCUT2D eigenvalue weighted by atomic mass is 10.1. The Hall–Kier alpha value is -0.520. The van der Waals surface area contributed by atoms with Crippen LogP contribution in [-0.4, -0.2) is 0 Å². The lowest BCUT2D eigenvalue weighted by molar-refractivity contribution is 0.592. The molecule has 0 heteroatoms. The first kappa shape index (κ1) is 23.7. The Morgan fingerprint density at radius 2 is 0.727 bits per heavy atom. The summed E-state index contributed by atoms with van der Waals surface area (Å²) in [5.41, 5.74) is 0. The molecule has 0 aromatic heterocycles. The molecule has 0 rings (SSSR count). The molecule has 0 atom stereocenters. The minimum atomic E-state index is 1.20. The molecule has 0 nitrogen and oxygen atoms in total. The van der Waals surface area contributed by atoms with E-state index in [9.17, 15) is 0 Å². The molecule has 0 aromatic carbocycles. The van der Waals surface area contributed by atoms with Crippen LogP contribution in [0.15, 0.2) is 25.3 Å². The van der Waals surface area contributed by atoms with Crippen LogP contribution in [0.4, 0.5) is 0 Å². The first-order chi connectivity index (χ1) is 10.8. The smallest absolute Gasteiger partial charge is 0.0353 e. The number of hydrogen-bond donors (Lipinski definition) is 0. The van der Waals surface area contributed by atoms with Gasteiger partial charge in [0, 0.05) is 0 Å². The predicted octanol–water partition coefficient (Wildman–Crippen LogP) is 8.63. The zero-order valence-corrected chi connectivity index (χ0v) is 15.9. The SMILES string of the molecule is C=CCCCCCCCCC.C=CCCCCCCCCC. The van der Waals surface area contributed by atoms with E-state index in [1.807, 2.05) is 12.2 Å². The summed E-state index contributed by atoms with van der Waals surface area (Å²) >= 11 is 0. The van der Waals surface area contributed by atoms with Crippen molar-refractivity contribution in [2.75, 3.05) is 0 Å². The van der Waals surface area contributed by atoms with E-state index in [1.165, 1.54) is 103 Å². The van der Waals surface area contributed by atoms with E-state index in [1.54, 1.807) is 0 Å². The van der Waals surface area contributed by atoms with Gasteiger partial charge >= 0.3 is 0 Å². The van der Waals surface area contributed by atoms with Crippen molar-refractivity contribution in [3.63, 3.8) is 0 Å². The van der Waals surface area contributed by atoms with Crippen molar-refractivity contribution in [3.8, 4) is 0 Å². The number of unbranched alkanes of at least 4 members (excludes halogenated alkanes) is 14. The number of rotatable bonds is 16. The summed E-state index contributed by atoms with van der Waals surface area (Å²) in [5, 5.41) is 0. The highest BCUT2D eigenvalue weighted by atomic mass is 14.0. The van der Waals surface area contributed by atoms with Crippen molar-refractivity contribution < 1.29 is 0 Å². The van der Waals surface area contributed by atoms with E-state index >= 15 is 0 Å². The van der Waals surface area contributed by atoms with Crippen molar-refractivity contribution in [2.24, 2.45) is 0 Å². The lowest BCUT2D eigenvalue weighted by Gasteiger charge is -1.98. The third kappa shape index (κ3) is 27.8. The van der Waals surface area contributed by atoms with Crippen LogP contribution in [-0.2, 0) is 0 Å². The Balaban J connectivity index is 0. The van der Waals surface area contributed by atoms with Crippen molar-refractivity contribution in [1.29, 1.82) is 0 Å². The summed E-state index contributed by atoms with van der Waals surface area (Å²) < 4.78 is 0. The average molecular weight is 309 g/mol. The third-order valence-corrected chi connectivity index (χ3v) is 4.02. The third-order valence-electron chi connectivity index (χ3n) is 4.02. The predicted molar refractivity (Wildman–Crippen MR) is 106 cm³/mol. The lowest BCUT2D eigenvalue weighted by Crippen LogP contribution is -1.78. The summed E-state index contributed by atoms with van der Waals surface area (Å²) in [4.78, 5) is 0. The largest absolute Gasteiger partial charge is 0.103 e.